The van der Waals surface area contributed by atoms with Crippen LogP contribution in [0.1, 0.15) is 310 Å². The van der Waals surface area contributed by atoms with Gasteiger partial charge in [0, 0.05) is 19.3 Å². The molecule has 6 heteroatoms. The van der Waals surface area contributed by atoms with Gasteiger partial charge < -0.3 is 14.2 Å². The molecule has 0 radical (unpaired) electrons. The van der Waals surface area contributed by atoms with Gasteiger partial charge in [-0.25, -0.2) is 0 Å². The van der Waals surface area contributed by atoms with Gasteiger partial charge in [0.05, 0.1) is 0 Å². The zero-order chi connectivity index (χ0) is 44.5. The zero-order valence-corrected chi connectivity index (χ0v) is 41.6. The van der Waals surface area contributed by atoms with Gasteiger partial charge >= 0.3 is 17.9 Å². The normalized spacial score (nSPS) is 12.0. The van der Waals surface area contributed by atoms with Gasteiger partial charge in [0.2, 0.25) is 0 Å². The van der Waals surface area contributed by atoms with Crippen molar-refractivity contribution in [2.24, 2.45) is 5.92 Å². The second kappa shape index (κ2) is 49.4. The molecule has 0 aliphatic rings. The first-order chi connectivity index (χ1) is 29.9. The van der Waals surface area contributed by atoms with Crippen molar-refractivity contribution in [1.82, 2.24) is 0 Å². The first kappa shape index (κ1) is 59.4. The highest BCUT2D eigenvalue weighted by atomic mass is 16.6. The molecule has 0 bridgehead atoms. The minimum atomic E-state index is -0.759. The molecule has 61 heavy (non-hydrogen) atoms. The van der Waals surface area contributed by atoms with Crippen molar-refractivity contribution in [3.8, 4) is 0 Å². The first-order valence-electron chi connectivity index (χ1n) is 27.4. The van der Waals surface area contributed by atoms with Gasteiger partial charge in [-0.3, -0.25) is 14.4 Å². The molecule has 0 aromatic rings. The average Bonchev–Trinajstić information content (AvgIpc) is 3.24. The summed E-state index contributed by atoms with van der Waals surface area (Å²) in [6, 6.07) is 0. The third-order valence-corrected chi connectivity index (χ3v) is 12.5. The minimum Gasteiger partial charge on any atom is -0.462 e. The molecule has 0 unspecified atom stereocenters. The molecule has 0 amide bonds. The molecule has 0 heterocycles. The van der Waals surface area contributed by atoms with E-state index < -0.39 is 6.10 Å². The Morgan fingerprint density at radius 1 is 0.311 bits per heavy atom. The summed E-state index contributed by atoms with van der Waals surface area (Å²) in [4.78, 5) is 37.7. The molecular formula is C55H106O6. The van der Waals surface area contributed by atoms with Crippen molar-refractivity contribution in [1.29, 1.82) is 0 Å². The van der Waals surface area contributed by atoms with E-state index in [-0.39, 0.29) is 31.1 Å². The molecule has 0 aromatic heterocycles. The van der Waals surface area contributed by atoms with E-state index in [4.69, 9.17) is 14.2 Å². The Kier molecular flexibility index (Phi) is 48.1. The van der Waals surface area contributed by atoms with Crippen molar-refractivity contribution >= 4 is 17.9 Å². The van der Waals surface area contributed by atoms with Gasteiger partial charge in [-0.15, -0.1) is 0 Å². The number of carbonyl (C=O) groups is 3. The van der Waals surface area contributed by atoms with Crippen molar-refractivity contribution in [2.75, 3.05) is 13.2 Å². The number of unbranched alkanes of at least 4 members (excludes halogenated alkanes) is 37. The Morgan fingerprint density at radius 3 is 0.803 bits per heavy atom. The van der Waals surface area contributed by atoms with E-state index in [1.807, 2.05) is 0 Å². The lowest BCUT2D eigenvalue weighted by atomic mass is 10.0. The predicted molar refractivity (Wildman–Crippen MR) is 261 cm³/mol. The Morgan fingerprint density at radius 2 is 0.541 bits per heavy atom. The van der Waals surface area contributed by atoms with Crippen molar-refractivity contribution in [2.45, 2.75) is 316 Å². The molecule has 0 fully saturated rings. The van der Waals surface area contributed by atoms with Gasteiger partial charge in [0.15, 0.2) is 6.10 Å². The van der Waals surface area contributed by atoms with Crippen LogP contribution in [0.5, 0.6) is 0 Å². The standard InChI is InChI=1S/C55H106O6/c1-5-7-9-11-12-13-14-15-16-19-24-27-30-33-36-40-44-48-55(58)61-52(49-59-53(56)46-42-37-10-8-6-2)50-60-54(57)47-43-39-35-32-29-26-23-21-18-17-20-22-25-28-31-34-38-41-45-51(3)4/h51-52H,5-50H2,1-4H3/t52-/m0/s1. The molecule has 0 aliphatic carbocycles. The summed E-state index contributed by atoms with van der Waals surface area (Å²) in [5.74, 6) is 0.00360. The van der Waals surface area contributed by atoms with E-state index in [1.165, 1.54) is 199 Å². The molecular weight excluding hydrogens is 757 g/mol. The van der Waals surface area contributed by atoms with E-state index in [1.54, 1.807) is 0 Å². The van der Waals surface area contributed by atoms with Crippen LogP contribution in [-0.4, -0.2) is 37.2 Å². The third-order valence-electron chi connectivity index (χ3n) is 12.5. The van der Waals surface area contributed by atoms with Gasteiger partial charge in [-0.05, 0) is 25.2 Å². The molecule has 0 aliphatic heterocycles. The van der Waals surface area contributed by atoms with Crippen molar-refractivity contribution in [3.05, 3.63) is 0 Å². The number of ether oxygens (including phenoxy) is 3. The summed E-state index contributed by atoms with van der Waals surface area (Å²) in [7, 11) is 0. The van der Waals surface area contributed by atoms with Crippen LogP contribution in [-0.2, 0) is 28.6 Å². The number of carbonyl (C=O) groups excluding carboxylic acids is 3. The van der Waals surface area contributed by atoms with Gasteiger partial charge in [0.1, 0.15) is 13.2 Å². The Labute approximate surface area is 380 Å². The Bertz CT molecular complexity index is 918. The summed E-state index contributed by atoms with van der Waals surface area (Å²) in [6.45, 7) is 8.98. The fraction of sp³-hybridized carbons (Fsp3) is 0.945. The Balaban J connectivity index is 4.05. The predicted octanol–water partition coefficient (Wildman–Crippen LogP) is 17.8. The van der Waals surface area contributed by atoms with Crippen LogP contribution in [0, 0.1) is 5.92 Å². The van der Waals surface area contributed by atoms with E-state index in [9.17, 15) is 14.4 Å². The van der Waals surface area contributed by atoms with Crippen molar-refractivity contribution < 1.29 is 28.6 Å². The molecule has 1 atom stereocenters. The molecule has 6 nitrogen and oxygen atoms in total. The fourth-order valence-corrected chi connectivity index (χ4v) is 8.39. The lowest BCUT2D eigenvalue weighted by Gasteiger charge is -2.18. The number of hydrogen-bond donors (Lipinski definition) is 0. The lowest BCUT2D eigenvalue weighted by Crippen LogP contribution is -2.30. The van der Waals surface area contributed by atoms with E-state index >= 15 is 0 Å². The molecule has 362 valence electrons. The largest absolute Gasteiger partial charge is 0.462 e. The second-order valence-electron chi connectivity index (χ2n) is 19.3. The third kappa shape index (κ3) is 49.3. The first-order valence-corrected chi connectivity index (χ1v) is 27.4. The number of esters is 3. The average molecular weight is 863 g/mol. The molecule has 0 saturated carbocycles. The van der Waals surface area contributed by atoms with E-state index in [0.717, 1.165) is 70.1 Å². The van der Waals surface area contributed by atoms with E-state index in [2.05, 4.69) is 27.7 Å². The van der Waals surface area contributed by atoms with Crippen LogP contribution in [0.25, 0.3) is 0 Å². The molecule has 0 aromatic carbocycles. The van der Waals surface area contributed by atoms with Gasteiger partial charge in [0.25, 0.3) is 0 Å². The quantitative estimate of drug-likeness (QED) is 0.0344. The van der Waals surface area contributed by atoms with Gasteiger partial charge in [-0.1, -0.05) is 272 Å². The maximum atomic E-state index is 12.7. The number of rotatable bonds is 50. The van der Waals surface area contributed by atoms with Crippen LogP contribution in [0.4, 0.5) is 0 Å². The Hall–Kier alpha value is -1.59. The summed E-state index contributed by atoms with van der Waals surface area (Å²) < 4.78 is 16.7. The summed E-state index contributed by atoms with van der Waals surface area (Å²) in [5, 5.41) is 0. The maximum Gasteiger partial charge on any atom is 0.306 e. The van der Waals surface area contributed by atoms with Crippen LogP contribution in [0.3, 0.4) is 0 Å². The zero-order valence-electron chi connectivity index (χ0n) is 41.6. The maximum absolute atomic E-state index is 12.7. The van der Waals surface area contributed by atoms with Crippen LogP contribution < -0.4 is 0 Å². The molecule has 0 N–H and O–H groups in total. The van der Waals surface area contributed by atoms with Crippen LogP contribution >= 0.6 is 0 Å². The topological polar surface area (TPSA) is 78.9 Å². The second-order valence-corrected chi connectivity index (χ2v) is 19.3. The van der Waals surface area contributed by atoms with Crippen LogP contribution in [0.15, 0.2) is 0 Å². The molecule has 0 saturated heterocycles. The summed E-state index contributed by atoms with van der Waals surface area (Å²) in [5.41, 5.74) is 0. The summed E-state index contributed by atoms with van der Waals surface area (Å²) >= 11 is 0. The van der Waals surface area contributed by atoms with Gasteiger partial charge in [-0.2, -0.15) is 0 Å². The monoisotopic (exact) mass is 863 g/mol. The highest BCUT2D eigenvalue weighted by molar-refractivity contribution is 5.71. The highest BCUT2D eigenvalue weighted by Crippen LogP contribution is 2.18. The highest BCUT2D eigenvalue weighted by Gasteiger charge is 2.19. The molecule has 0 spiro atoms. The smallest absolute Gasteiger partial charge is 0.306 e. The minimum absolute atomic E-state index is 0.0634. The molecule has 0 rings (SSSR count). The lowest BCUT2D eigenvalue weighted by molar-refractivity contribution is -0.167. The fourth-order valence-electron chi connectivity index (χ4n) is 8.39. The van der Waals surface area contributed by atoms with E-state index in [0.29, 0.717) is 19.3 Å². The number of hydrogen-bond acceptors (Lipinski definition) is 6. The summed E-state index contributed by atoms with van der Waals surface area (Å²) in [6.07, 6.45) is 52.8. The SMILES string of the molecule is CCCCCCCCCCCCCCCCCCCC(=O)O[C@@H](COC(=O)CCCCCCC)COC(=O)CCCCCCCCCCCCCCCCCCCCC(C)C. The van der Waals surface area contributed by atoms with Crippen LogP contribution in [0.2, 0.25) is 0 Å². The van der Waals surface area contributed by atoms with Crippen molar-refractivity contribution in [3.63, 3.8) is 0 Å².